The van der Waals surface area contributed by atoms with Crippen molar-refractivity contribution in [2.45, 2.75) is 19.4 Å². The van der Waals surface area contributed by atoms with E-state index >= 15 is 0 Å². The van der Waals surface area contributed by atoms with Gasteiger partial charge in [0.15, 0.2) is 0 Å². The number of halogens is 2. The summed E-state index contributed by atoms with van der Waals surface area (Å²) in [5.41, 5.74) is 1.78. The number of benzene rings is 2. The number of carbonyl (C=O) groups excluding carboxylic acids is 2. The fraction of sp³-hybridized carbons (Fsp3) is 0.263. The summed E-state index contributed by atoms with van der Waals surface area (Å²) in [6.07, 6.45) is 0.232. The number of rotatable bonds is 5. The molecular formula is C19H20ClFN2O2. The van der Waals surface area contributed by atoms with Crippen molar-refractivity contribution in [2.24, 2.45) is 0 Å². The van der Waals surface area contributed by atoms with E-state index in [0.29, 0.717) is 16.1 Å². The predicted molar refractivity (Wildman–Crippen MR) is 97.1 cm³/mol. The molecule has 0 saturated carbocycles. The fourth-order valence-electron chi connectivity index (χ4n) is 2.42. The monoisotopic (exact) mass is 362 g/mol. The lowest BCUT2D eigenvalue weighted by molar-refractivity contribution is -0.121. The zero-order chi connectivity index (χ0) is 18.6. The quantitative estimate of drug-likeness (QED) is 0.880. The van der Waals surface area contributed by atoms with Crippen LogP contribution in [0, 0.1) is 5.82 Å². The number of hydrogen-bond donors (Lipinski definition) is 1. The first kappa shape index (κ1) is 18.9. The fourth-order valence-corrected chi connectivity index (χ4v) is 2.65. The highest BCUT2D eigenvalue weighted by molar-refractivity contribution is 6.33. The highest BCUT2D eigenvalue weighted by Gasteiger charge is 2.19. The maximum atomic E-state index is 13.4. The molecule has 0 saturated heterocycles. The molecule has 4 nitrogen and oxygen atoms in total. The summed E-state index contributed by atoms with van der Waals surface area (Å²) < 4.78 is 13.4. The molecule has 0 bridgehead atoms. The lowest BCUT2D eigenvalue weighted by atomic mass is 10.0. The van der Waals surface area contributed by atoms with Crippen molar-refractivity contribution in [3.8, 4) is 11.1 Å². The zero-order valence-corrected chi connectivity index (χ0v) is 15.1. The summed E-state index contributed by atoms with van der Waals surface area (Å²) in [5, 5.41) is 2.99. The molecule has 2 aromatic carbocycles. The van der Waals surface area contributed by atoms with Gasteiger partial charge in [-0.25, -0.2) is 4.39 Å². The van der Waals surface area contributed by atoms with Crippen LogP contribution in [0.3, 0.4) is 0 Å². The molecular weight excluding hydrogens is 343 g/mol. The van der Waals surface area contributed by atoms with Crippen LogP contribution in [0.5, 0.6) is 0 Å². The number of amides is 2. The third kappa shape index (κ3) is 4.57. The molecule has 2 rings (SSSR count). The number of nitrogens with one attached hydrogen (secondary N) is 1. The molecule has 1 N–H and O–H groups in total. The first-order valence-electron chi connectivity index (χ1n) is 7.86. The Kier molecular flexibility index (Phi) is 6.15. The molecule has 0 aromatic heterocycles. The van der Waals surface area contributed by atoms with Crippen molar-refractivity contribution in [1.29, 1.82) is 0 Å². The van der Waals surface area contributed by atoms with Gasteiger partial charge in [-0.15, -0.1) is 0 Å². The van der Waals surface area contributed by atoms with Crippen LogP contribution in [-0.4, -0.2) is 36.9 Å². The lowest BCUT2D eigenvalue weighted by Crippen LogP contribution is -2.38. The molecule has 132 valence electrons. The van der Waals surface area contributed by atoms with Crippen molar-refractivity contribution in [3.63, 3.8) is 0 Å². The van der Waals surface area contributed by atoms with Crippen LogP contribution >= 0.6 is 11.6 Å². The average Bonchev–Trinajstić information content (AvgIpc) is 2.62. The van der Waals surface area contributed by atoms with Crippen LogP contribution in [0.15, 0.2) is 42.5 Å². The van der Waals surface area contributed by atoms with Gasteiger partial charge in [0, 0.05) is 42.7 Å². The van der Waals surface area contributed by atoms with Crippen LogP contribution in [0.4, 0.5) is 4.39 Å². The van der Waals surface area contributed by atoms with Gasteiger partial charge in [-0.2, -0.15) is 0 Å². The molecule has 2 aromatic rings. The Morgan fingerprint density at radius 3 is 2.44 bits per heavy atom. The highest BCUT2D eigenvalue weighted by atomic mass is 35.5. The third-order valence-corrected chi connectivity index (χ3v) is 4.44. The van der Waals surface area contributed by atoms with Crippen LogP contribution in [-0.2, 0) is 4.79 Å². The van der Waals surface area contributed by atoms with Crippen LogP contribution < -0.4 is 5.32 Å². The molecule has 0 heterocycles. The van der Waals surface area contributed by atoms with Gasteiger partial charge in [0.05, 0.1) is 0 Å². The van der Waals surface area contributed by atoms with Gasteiger partial charge < -0.3 is 10.2 Å². The van der Waals surface area contributed by atoms with Gasteiger partial charge in [-0.05, 0) is 42.8 Å². The lowest BCUT2D eigenvalue weighted by Gasteiger charge is -2.24. The summed E-state index contributed by atoms with van der Waals surface area (Å²) in [6, 6.07) is 10.7. The summed E-state index contributed by atoms with van der Waals surface area (Å²) in [7, 11) is 3.22. The Labute approximate surface area is 151 Å². The van der Waals surface area contributed by atoms with E-state index in [1.807, 2.05) is 6.92 Å². The van der Waals surface area contributed by atoms with Crippen LogP contribution in [0.2, 0.25) is 5.02 Å². The SMILES string of the molecule is CNC(=O)C[C@H](C)N(C)C(=O)c1ccc(-c2cc(F)ccc2Cl)cc1. The molecule has 0 aliphatic rings. The largest absolute Gasteiger partial charge is 0.359 e. The zero-order valence-electron chi connectivity index (χ0n) is 14.3. The van der Waals surface area contributed by atoms with E-state index in [2.05, 4.69) is 5.32 Å². The van der Waals surface area contributed by atoms with Crippen LogP contribution in [0.1, 0.15) is 23.7 Å². The van der Waals surface area contributed by atoms with Gasteiger partial charge >= 0.3 is 0 Å². The molecule has 0 aliphatic carbocycles. The van der Waals surface area contributed by atoms with Crippen molar-refractivity contribution < 1.29 is 14.0 Å². The van der Waals surface area contributed by atoms with Crippen LogP contribution in [0.25, 0.3) is 11.1 Å². The minimum absolute atomic E-state index is 0.122. The smallest absolute Gasteiger partial charge is 0.253 e. The summed E-state index contributed by atoms with van der Waals surface area (Å²) in [4.78, 5) is 25.5. The molecule has 25 heavy (non-hydrogen) atoms. The molecule has 0 radical (unpaired) electrons. The van der Waals surface area contributed by atoms with Gasteiger partial charge in [0.1, 0.15) is 5.82 Å². The Morgan fingerprint density at radius 2 is 1.84 bits per heavy atom. The third-order valence-electron chi connectivity index (χ3n) is 4.11. The summed E-state index contributed by atoms with van der Waals surface area (Å²) in [5.74, 6) is -0.682. The minimum Gasteiger partial charge on any atom is -0.359 e. The average molecular weight is 363 g/mol. The molecule has 0 aliphatic heterocycles. The van der Waals surface area contributed by atoms with Crippen molar-refractivity contribution in [3.05, 3.63) is 58.9 Å². The molecule has 2 amide bonds. The number of carbonyl (C=O) groups is 2. The van der Waals surface area contributed by atoms with E-state index in [4.69, 9.17) is 11.6 Å². The first-order chi connectivity index (χ1) is 11.8. The van der Waals surface area contributed by atoms with E-state index in [0.717, 1.165) is 5.56 Å². The summed E-state index contributed by atoms with van der Waals surface area (Å²) >= 11 is 6.11. The van der Waals surface area contributed by atoms with Crippen molar-refractivity contribution in [2.75, 3.05) is 14.1 Å². The summed E-state index contributed by atoms with van der Waals surface area (Å²) in [6.45, 7) is 1.81. The molecule has 0 fully saturated rings. The van der Waals surface area contributed by atoms with E-state index < -0.39 is 0 Å². The molecule has 6 heteroatoms. The first-order valence-corrected chi connectivity index (χ1v) is 8.24. The van der Waals surface area contributed by atoms with Gasteiger partial charge in [0.2, 0.25) is 5.91 Å². The maximum Gasteiger partial charge on any atom is 0.253 e. The van der Waals surface area contributed by atoms with Gasteiger partial charge in [-0.1, -0.05) is 23.7 Å². The number of nitrogens with zero attached hydrogens (tertiary/aromatic N) is 1. The van der Waals surface area contributed by atoms with E-state index in [1.165, 1.54) is 23.1 Å². The minimum atomic E-state index is -0.373. The molecule has 0 spiro atoms. The van der Waals surface area contributed by atoms with E-state index in [9.17, 15) is 14.0 Å². The van der Waals surface area contributed by atoms with Gasteiger partial charge in [0.25, 0.3) is 5.91 Å². The van der Waals surface area contributed by atoms with Crippen molar-refractivity contribution >= 4 is 23.4 Å². The predicted octanol–water partition coefficient (Wildman–Crippen LogP) is 3.74. The van der Waals surface area contributed by atoms with E-state index in [1.54, 1.807) is 38.4 Å². The molecule has 1 atom stereocenters. The van der Waals surface area contributed by atoms with Gasteiger partial charge in [-0.3, -0.25) is 9.59 Å². The second kappa shape index (κ2) is 8.12. The van der Waals surface area contributed by atoms with Crippen molar-refractivity contribution in [1.82, 2.24) is 10.2 Å². The topological polar surface area (TPSA) is 49.4 Å². The normalized spacial score (nSPS) is 11.7. The Hall–Kier alpha value is -2.40. The second-order valence-electron chi connectivity index (χ2n) is 5.84. The Morgan fingerprint density at radius 1 is 1.20 bits per heavy atom. The molecule has 0 unspecified atom stereocenters. The highest BCUT2D eigenvalue weighted by Crippen LogP contribution is 2.29. The Bertz CT molecular complexity index is 777. The number of hydrogen-bond acceptors (Lipinski definition) is 2. The standard InChI is InChI=1S/C19H20ClFN2O2/c1-12(10-18(24)22-2)23(3)19(25)14-6-4-13(5-7-14)16-11-15(21)8-9-17(16)20/h4-9,11-12H,10H2,1-3H3,(H,22,24)/t12-/m0/s1. The van der Waals surface area contributed by atoms with E-state index in [-0.39, 0.29) is 30.1 Å². The maximum absolute atomic E-state index is 13.4. The Balaban J connectivity index is 2.17. The second-order valence-corrected chi connectivity index (χ2v) is 6.25.